The quantitative estimate of drug-likeness (QED) is 0.165. The summed E-state index contributed by atoms with van der Waals surface area (Å²) in [7, 11) is -4.31. The number of phosphoric ester groups is 1. The number of hydrogen-bond donors (Lipinski definition) is 1. The Kier molecular flexibility index (Phi) is 13.8. The minimum Gasteiger partial charge on any atom is -0.300 e. The highest BCUT2D eigenvalue weighted by Gasteiger charge is 2.24. The van der Waals surface area contributed by atoms with Crippen molar-refractivity contribution in [3.63, 3.8) is 0 Å². The molecule has 0 aliphatic rings. The van der Waals surface area contributed by atoms with Gasteiger partial charge in [-0.05, 0) is 6.42 Å². The van der Waals surface area contributed by atoms with Crippen LogP contribution in [-0.4, -0.2) is 40.5 Å². The van der Waals surface area contributed by atoms with Gasteiger partial charge >= 0.3 is 36.8 Å². The predicted octanol–water partition coefficient (Wildman–Crippen LogP) is 1.82. The maximum atomic E-state index is 11.1. The smallest absolute Gasteiger partial charge is 0.300 e. The number of carbonyl (C=O) groups excluding carboxylic acids is 1. The molecule has 0 aromatic carbocycles. The van der Waals surface area contributed by atoms with E-state index in [1.165, 1.54) is 0 Å². The van der Waals surface area contributed by atoms with Crippen molar-refractivity contribution in [2.75, 3.05) is 6.61 Å². The number of rotatable bonds is 10. The fourth-order valence-corrected chi connectivity index (χ4v) is 1.60. The molecule has 0 radical (unpaired) electrons. The summed E-state index contributed by atoms with van der Waals surface area (Å²) < 4.78 is 19.7. The van der Waals surface area contributed by atoms with Crippen LogP contribution in [0.1, 0.15) is 39.0 Å². The van der Waals surface area contributed by atoms with Gasteiger partial charge in [-0.15, -0.1) is 0 Å². The van der Waals surface area contributed by atoms with E-state index in [4.69, 9.17) is 4.89 Å². The third-order valence-electron chi connectivity index (χ3n) is 1.88. The first-order chi connectivity index (χ1) is 8.02. The lowest BCUT2D eigenvalue weighted by Gasteiger charge is -2.09. The molecule has 0 spiro atoms. The molecule has 0 aromatic rings. The largest absolute Gasteiger partial charge is 0.508 e. The van der Waals surface area contributed by atoms with Crippen LogP contribution in [0.5, 0.6) is 0 Å². The van der Waals surface area contributed by atoms with Crippen molar-refractivity contribution >= 4 is 36.8 Å². The van der Waals surface area contributed by atoms with Crippen LogP contribution in [0, 0.1) is 0 Å². The first kappa shape index (κ1) is 20.4. The van der Waals surface area contributed by atoms with Crippen molar-refractivity contribution in [2.24, 2.45) is 0 Å². The van der Waals surface area contributed by atoms with Gasteiger partial charge in [-0.2, -0.15) is 0 Å². The van der Waals surface area contributed by atoms with Gasteiger partial charge < -0.3 is 4.89 Å². The van der Waals surface area contributed by atoms with Gasteiger partial charge in [0, 0.05) is 6.08 Å². The third-order valence-corrected chi connectivity index (χ3v) is 2.65. The molecule has 0 fully saturated rings. The molecule has 0 aliphatic heterocycles. The molecule has 104 valence electrons. The third kappa shape index (κ3) is 12.5. The Hall–Kier alpha value is 0.0862. The van der Waals surface area contributed by atoms with Crippen LogP contribution < -0.4 is 0 Å². The van der Waals surface area contributed by atoms with Crippen molar-refractivity contribution in [1.29, 1.82) is 0 Å². The average Bonchev–Trinajstić information content (AvgIpc) is 2.30. The molecule has 1 unspecified atom stereocenters. The summed E-state index contributed by atoms with van der Waals surface area (Å²) in [6.45, 7) is 5.28. The summed E-state index contributed by atoms with van der Waals surface area (Å²) in [5.74, 6) is -0.953. The summed E-state index contributed by atoms with van der Waals surface area (Å²) in [4.78, 5) is 23.6. The Bertz CT molecular complexity index is 284. The maximum Gasteiger partial charge on any atom is 0.508 e. The topological polar surface area (TPSA) is 82.1 Å². The van der Waals surface area contributed by atoms with E-state index in [-0.39, 0.29) is 29.7 Å². The van der Waals surface area contributed by atoms with Crippen molar-refractivity contribution in [3.8, 4) is 0 Å². The Balaban J connectivity index is 0. The second kappa shape index (κ2) is 12.1. The summed E-state index contributed by atoms with van der Waals surface area (Å²) in [5.41, 5.74) is 0. The van der Waals surface area contributed by atoms with Gasteiger partial charge in [-0.1, -0.05) is 43.9 Å². The van der Waals surface area contributed by atoms with Gasteiger partial charge in [0.15, 0.2) is 0 Å². The normalized spacial score (nSPS) is 13.2. The highest BCUT2D eigenvalue weighted by molar-refractivity contribution is 7.47. The minimum atomic E-state index is -4.31. The van der Waals surface area contributed by atoms with Crippen molar-refractivity contribution in [2.45, 2.75) is 39.0 Å². The molecule has 8 heteroatoms. The molecule has 0 heterocycles. The molecule has 0 saturated heterocycles. The van der Waals surface area contributed by atoms with Crippen LogP contribution in [0.15, 0.2) is 12.7 Å². The van der Waals surface area contributed by atoms with Crippen LogP contribution in [0.3, 0.4) is 0 Å². The van der Waals surface area contributed by atoms with E-state index in [1.807, 2.05) is 0 Å². The Labute approximate surface area is 123 Å². The molecule has 0 aliphatic carbocycles. The van der Waals surface area contributed by atoms with Crippen LogP contribution in [0.4, 0.5) is 0 Å². The number of carbonyl (C=O) groups is 1. The zero-order valence-corrected chi connectivity index (χ0v) is 10.9. The molecule has 0 saturated carbocycles. The summed E-state index contributed by atoms with van der Waals surface area (Å²) in [6, 6.07) is 0. The zero-order chi connectivity index (χ0) is 13.1. The van der Waals surface area contributed by atoms with E-state index in [0.29, 0.717) is 6.42 Å². The van der Waals surface area contributed by atoms with Crippen LogP contribution in [-0.2, 0) is 23.4 Å². The van der Waals surface area contributed by atoms with Gasteiger partial charge in [0.05, 0.1) is 6.61 Å². The monoisotopic (exact) mass is 292 g/mol. The number of hydrogen-bond acceptors (Lipinski definition) is 5. The van der Waals surface area contributed by atoms with Gasteiger partial charge in [0.1, 0.15) is 0 Å². The predicted molar refractivity (Wildman–Crippen MR) is 70.5 cm³/mol. The fraction of sp³-hybridized carbons (Fsp3) is 0.700. The SMILES string of the molecule is C=CC(=O)OOP(=O)(O)OCCCCCCC.[MgH2]. The van der Waals surface area contributed by atoms with Crippen LogP contribution >= 0.6 is 7.82 Å². The zero-order valence-electron chi connectivity index (χ0n) is 9.96. The van der Waals surface area contributed by atoms with E-state index < -0.39 is 13.8 Å². The Morgan fingerprint density at radius 2 is 1.94 bits per heavy atom. The Morgan fingerprint density at radius 3 is 2.50 bits per heavy atom. The second-order valence-electron chi connectivity index (χ2n) is 3.40. The molecule has 1 atom stereocenters. The van der Waals surface area contributed by atoms with E-state index in [1.54, 1.807) is 0 Å². The second-order valence-corrected chi connectivity index (χ2v) is 4.74. The van der Waals surface area contributed by atoms with Crippen molar-refractivity contribution < 1.29 is 28.3 Å². The lowest BCUT2D eigenvalue weighted by Crippen LogP contribution is -2.03. The van der Waals surface area contributed by atoms with Gasteiger partial charge in [-0.25, -0.2) is 9.36 Å². The molecule has 6 nitrogen and oxygen atoms in total. The maximum absolute atomic E-state index is 11.1. The van der Waals surface area contributed by atoms with Crippen molar-refractivity contribution in [1.82, 2.24) is 0 Å². The summed E-state index contributed by atoms with van der Waals surface area (Å²) in [6.07, 6.45) is 5.69. The first-order valence-electron chi connectivity index (χ1n) is 5.52. The molecule has 0 rings (SSSR count). The number of phosphoric acid groups is 1. The molecular weight excluding hydrogens is 271 g/mol. The summed E-state index contributed by atoms with van der Waals surface area (Å²) in [5, 5.41) is 0. The van der Waals surface area contributed by atoms with E-state index >= 15 is 0 Å². The van der Waals surface area contributed by atoms with Gasteiger partial charge in [0.2, 0.25) is 0 Å². The molecular formula is C10H21MgO6P. The highest BCUT2D eigenvalue weighted by atomic mass is 31.2. The Morgan fingerprint density at radius 1 is 1.33 bits per heavy atom. The lowest BCUT2D eigenvalue weighted by molar-refractivity contribution is -0.217. The lowest BCUT2D eigenvalue weighted by atomic mass is 10.2. The van der Waals surface area contributed by atoms with E-state index in [0.717, 1.165) is 31.8 Å². The molecule has 0 bridgehead atoms. The standard InChI is InChI=1S/C10H19O6P.Mg.2H/c1-3-5-6-7-8-9-14-17(12,13)16-15-10(11)4-2;;;/h4H,2-3,5-9H2,1H3,(H,12,13);;;. The first-order valence-corrected chi connectivity index (χ1v) is 7.01. The molecule has 0 amide bonds. The van der Waals surface area contributed by atoms with E-state index in [9.17, 15) is 9.36 Å². The highest BCUT2D eigenvalue weighted by Crippen LogP contribution is 2.43. The van der Waals surface area contributed by atoms with E-state index in [2.05, 4.69) is 27.6 Å². The minimum absolute atomic E-state index is 0. The molecule has 1 N–H and O–H groups in total. The van der Waals surface area contributed by atoms with Crippen LogP contribution in [0.25, 0.3) is 0 Å². The summed E-state index contributed by atoms with van der Waals surface area (Å²) >= 11 is 0. The molecule has 0 aromatic heterocycles. The average molecular weight is 293 g/mol. The number of unbranched alkanes of at least 4 members (excludes halogenated alkanes) is 4. The van der Waals surface area contributed by atoms with Crippen LogP contribution in [0.2, 0.25) is 0 Å². The van der Waals surface area contributed by atoms with Gasteiger partial charge in [-0.3, -0.25) is 9.41 Å². The van der Waals surface area contributed by atoms with Crippen molar-refractivity contribution in [3.05, 3.63) is 12.7 Å². The molecule has 18 heavy (non-hydrogen) atoms. The fourth-order valence-electron chi connectivity index (χ4n) is 1.02. The van der Waals surface area contributed by atoms with Gasteiger partial charge in [0.25, 0.3) is 0 Å².